The van der Waals surface area contributed by atoms with Gasteiger partial charge in [-0.3, -0.25) is 4.99 Å². The lowest BCUT2D eigenvalue weighted by atomic mass is 9.91. The van der Waals surface area contributed by atoms with Crippen molar-refractivity contribution in [2.24, 2.45) is 9.98 Å². The van der Waals surface area contributed by atoms with Gasteiger partial charge < -0.3 is 15.0 Å². The van der Waals surface area contributed by atoms with Gasteiger partial charge in [0, 0.05) is 55.5 Å². The van der Waals surface area contributed by atoms with Crippen molar-refractivity contribution in [1.29, 1.82) is 0 Å². The fourth-order valence-electron chi connectivity index (χ4n) is 3.84. The van der Waals surface area contributed by atoms with Crippen LogP contribution in [0.3, 0.4) is 0 Å². The van der Waals surface area contributed by atoms with Gasteiger partial charge in [-0.25, -0.2) is 4.99 Å². The Morgan fingerprint density at radius 2 is 1.97 bits per heavy atom. The van der Waals surface area contributed by atoms with E-state index in [0.717, 1.165) is 66.5 Å². The second kappa shape index (κ2) is 10.0. The molecule has 5 nitrogen and oxygen atoms in total. The number of hydrogen-bond donors (Lipinski definition) is 1. The first-order valence-corrected chi connectivity index (χ1v) is 10.6. The van der Waals surface area contributed by atoms with E-state index in [4.69, 9.17) is 9.73 Å². The molecule has 0 bridgehead atoms. The van der Waals surface area contributed by atoms with Crippen LogP contribution in [0.25, 0.3) is 5.57 Å². The van der Waals surface area contributed by atoms with Crippen LogP contribution in [0.4, 0.5) is 17.1 Å². The van der Waals surface area contributed by atoms with Crippen LogP contribution in [0.5, 0.6) is 0 Å². The number of ether oxygens (including phenoxy) is 1. The summed E-state index contributed by atoms with van der Waals surface area (Å²) in [7, 11) is 1.92. The number of nitrogens with one attached hydrogen (secondary N) is 1. The zero-order chi connectivity index (χ0) is 21.5. The summed E-state index contributed by atoms with van der Waals surface area (Å²) in [5.41, 5.74) is 7.17. The van der Waals surface area contributed by atoms with E-state index in [1.54, 1.807) is 6.20 Å². The molecule has 0 aromatic heterocycles. The average molecular weight is 413 g/mol. The summed E-state index contributed by atoms with van der Waals surface area (Å²) in [4.78, 5) is 11.4. The van der Waals surface area contributed by atoms with Crippen molar-refractivity contribution in [3.63, 3.8) is 0 Å². The zero-order valence-corrected chi connectivity index (χ0v) is 17.9. The van der Waals surface area contributed by atoms with Gasteiger partial charge in [0.2, 0.25) is 0 Å². The van der Waals surface area contributed by atoms with Gasteiger partial charge in [0.1, 0.15) is 0 Å². The van der Waals surface area contributed by atoms with E-state index >= 15 is 0 Å². The van der Waals surface area contributed by atoms with E-state index in [9.17, 15) is 0 Å². The SMILES string of the molecule is C=N/C=C1/C=CC=C(c2cccc(NC)c2)C1=Nc1ccc(N2CCCOCC2)cc1. The maximum Gasteiger partial charge on any atom is 0.0803 e. The van der Waals surface area contributed by atoms with Crippen LogP contribution in [0.2, 0.25) is 0 Å². The number of hydrogen-bond acceptors (Lipinski definition) is 5. The van der Waals surface area contributed by atoms with E-state index in [1.165, 1.54) is 5.69 Å². The molecule has 1 aliphatic heterocycles. The lowest BCUT2D eigenvalue weighted by molar-refractivity contribution is 0.152. The van der Waals surface area contributed by atoms with Crippen molar-refractivity contribution >= 4 is 35.1 Å². The standard InChI is InChI=1S/C26H28N4O/c1-27-19-21-7-4-9-25(20-6-3-8-23(18-20)28-2)26(21)29-22-10-12-24(13-11-22)30-14-5-16-31-17-15-30/h3-4,6-13,18-19,28H,1,5,14-17H2,2H3/b21-19-,29-26?. The molecule has 0 radical (unpaired) electrons. The Morgan fingerprint density at radius 1 is 1.10 bits per heavy atom. The predicted molar refractivity (Wildman–Crippen MR) is 132 cm³/mol. The van der Waals surface area contributed by atoms with Gasteiger partial charge in [-0.1, -0.05) is 30.4 Å². The van der Waals surface area contributed by atoms with Crippen molar-refractivity contribution in [3.05, 3.63) is 84.1 Å². The quantitative estimate of drug-likeness (QED) is 0.681. The van der Waals surface area contributed by atoms with Crippen LogP contribution in [-0.4, -0.2) is 45.8 Å². The highest BCUT2D eigenvalue weighted by Crippen LogP contribution is 2.30. The fourth-order valence-corrected chi connectivity index (χ4v) is 3.84. The van der Waals surface area contributed by atoms with Gasteiger partial charge in [0.25, 0.3) is 0 Å². The molecule has 1 fully saturated rings. The second-order valence-electron chi connectivity index (χ2n) is 7.47. The fraction of sp³-hybridized carbons (Fsp3) is 0.231. The van der Waals surface area contributed by atoms with Crippen molar-refractivity contribution in [2.45, 2.75) is 6.42 Å². The number of allylic oxidation sites excluding steroid dienone is 5. The molecule has 1 heterocycles. The summed E-state index contributed by atoms with van der Waals surface area (Å²) in [6.07, 6.45) is 8.96. The molecule has 0 amide bonds. The summed E-state index contributed by atoms with van der Waals surface area (Å²) in [5.74, 6) is 0. The van der Waals surface area contributed by atoms with Gasteiger partial charge in [-0.05, 0) is 55.1 Å². The molecule has 2 aromatic carbocycles. The number of aliphatic imine (C=N–C) groups is 2. The molecule has 0 atom stereocenters. The number of nitrogens with zero attached hydrogens (tertiary/aromatic N) is 3. The first-order valence-electron chi connectivity index (χ1n) is 10.6. The molecule has 5 heteroatoms. The van der Waals surface area contributed by atoms with Gasteiger partial charge in [-0.15, -0.1) is 0 Å². The Balaban J connectivity index is 1.67. The zero-order valence-electron chi connectivity index (χ0n) is 17.9. The minimum Gasteiger partial charge on any atom is -0.388 e. The number of rotatable bonds is 5. The topological polar surface area (TPSA) is 49.2 Å². The molecule has 2 aromatic rings. The highest BCUT2D eigenvalue weighted by atomic mass is 16.5. The van der Waals surface area contributed by atoms with Crippen molar-refractivity contribution in [3.8, 4) is 0 Å². The maximum atomic E-state index is 5.57. The first kappa shape index (κ1) is 20.8. The average Bonchev–Trinajstić information content (AvgIpc) is 3.10. The molecule has 158 valence electrons. The van der Waals surface area contributed by atoms with Crippen molar-refractivity contribution in [2.75, 3.05) is 43.6 Å². The summed E-state index contributed by atoms with van der Waals surface area (Å²) in [5, 5.41) is 3.21. The monoisotopic (exact) mass is 412 g/mol. The van der Waals surface area contributed by atoms with Crippen molar-refractivity contribution in [1.82, 2.24) is 0 Å². The summed E-state index contributed by atoms with van der Waals surface area (Å²) in [6.45, 7) is 7.19. The van der Waals surface area contributed by atoms with Gasteiger partial charge in [-0.2, -0.15) is 0 Å². The third-order valence-corrected chi connectivity index (χ3v) is 5.44. The number of anilines is 2. The first-order chi connectivity index (χ1) is 15.3. The summed E-state index contributed by atoms with van der Waals surface area (Å²) < 4.78 is 5.57. The smallest absolute Gasteiger partial charge is 0.0803 e. The second-order valence-corrected chi connectivity index (χ2v) is 7.47. The summed E-state index contributed by atoms with van der Waals surface area (Å²) >= 11 is 0. The Bertz CT molecular complexity index is 1040. The molecule has 31 heavy (non-hydrogen) atoms. The predicted octanol–water partition coefficient (Wildman–Crippen LogP) is 5.27. The van der Waals surface area contributed by atoms with Gasteiger partial charge in [0.15, 0.2) is 0 Å². The van der Waals surface area contributed by atoms with Crippen LogP contribution in [0.15, 0.2) is 88.5 Å². The van der Waals surface area contributed by atoms with E-state index in [-0.39, 0.29) is 0 Å². The third-order valence-electron chi connectivity index (χ3n) is 5.44. The lowest BCUT2D eigenvalue weighted by Gasteiger charge is -2.22. The molecule has 1 aliphatic carbocycles. The maximum absolute atomic E-state index is 5.57. The Morgan fingerprint density at radius 3 is 2.77 bits per heavy atom. The normalized spacial score (nSPS) is 19.3. The largest absolute Gasteiger partial charge is 0.388 e. The van der Waals surface area contributed by atoms with Crippen LogP contribution >= 0.6 is 0 Å². The molecule has 0 unspecified atom stereocenters. The molecule has 1 saturated heterocycles. The van der Waals surface area contributed by atoms with Gasteiger partial charge in [0.05, 0.1) is 18.0 Å². The minimum absolute atomic E-state index is 0.777. The third kappa shape index (κ3) is 5.01. The molecular formula is C26H28N4O. The van der Waals surface area contributed by atoms with E-state index in [1.807, 2.05) is 31.3 Å². The van der Waals surface area contributed by atoms with E-state index < -0.39 is 0 Å². The van der Waals surface area contributed by atoms with Crippen LogP contribution in [0.1, 0.15) is 12.0 Å². The minimum atomic E-state index is 0.777. The van der Waals surface area contributed by atoms with E-state index in [2.05, 4.69) is 64.4 Å². The van der Waals surface area contributed by atoms with Gasteiger partial charge >= 0.3 is 0 Å². The Labute approximate surface area is 184 Å². The van der Waals surface area contributed by atoms with Crippen LogP contribution < -0.4 is 10.2 Å². The van der Waals surface area contributed by atoms with Crippen molar-refractivity contribution < 1.29 is 4.74 Å². The Kier molecular flexibility index (Phi) is 6.75. The molecule has 0 spiro atoms. The Hall–Kier alpha value is -3.44. The summed E-state index contributed by atoms with van der Waals surface area (Å²) in [6, 6.07) is 16.8. The molecule has 4 rings (SSSR count). The van der Waals surface area contributed by atoms with Crippen LogP contribution in [0, 0.1) is 0 Å². The molecule has 0 saturated carbocycles. The molecular weight excluding hydrogens is 384 g/mol. The molecule has 2 aliphatic rings. The highest BCUT2D eigenvalue weighted by molar-refractivity contribution is 6.34. The number of benzene rings is 2. The lowest BCUT2D eigenvalue weighted by Crippen LogP contribution is -2.25. The van der Waals surface area contributed by atoms with E-state index in [0.29, 0.717) is 0 Å². The highest BCUT2D eigenvalue weighted by Gasteiger charge is 2.17. The van der Waals surface area contributed by atoms with Crippen LogP contribution in [-0.2, 0) is 4.74 Å². The molecule has 1 N–H and O–H groups in total.